The molecule has 1 aromatic heterocycles. The lowest BCUT2D eigenvalue weighted by molar-refractivity contribution is -0.140. The molecule has 1 aliphatic heterocycles. The summed E-state index contributed by atoms with van der Waals surface area (Å²) in [7, 11) is 0. The molecular formula is C20H19NO4. The fourth-order valence-corrected chi connectivity index (χ4v) is 3.81. The number of carbonyl (C=O) groups excluding carboxylic acids is 2. The predicted octanol–water partition coefficient (Wildman–Crippen LogP) is 2.86. The van der Waals surface area contributed by atoms with Gasteiger partial charge in [0.15, 0.2) is 0 Å². The Morgan fingerprint density at radius 1 is 0.960 bits per heavy atom. The van der Waals surface area contributed by atoms with Gasteiger partial charge in [-0.1, -0.05) is 12.2 Å². The van der Waals surface area contributed by atoms with E-state index in [0.29, 0.717) is 24.0 Å². The molecule has 2 aromatic rings. The van der Waals surface area contributed by atoms with Crippen LogP contribution >= 0.6 is 0 Å². The maximum absolute atomic E-state index is 12.7. The number of hydrogen-bond acceptors (Lipinski definition) is 4. The number of imide groups is 1. The van der Waals surface area contributed by atoms with E-state index >= 15 is 0 Å². The van der Waals surface area contributed by atoms with Gasteiger partial charge in [-0.3, -0.25) is 14.5 Å². The molecule has 1 aromatic carbocycles. The van der Waals surface area contributed by atoms with E-state index in [9.17, 15) is 14.4 Å². The van der Waals surface area contributed by atoms with Gasteiger partial charge in [-0.15, -0.1) is 0 Å². The van der Waals surface area contributed by atoms with Crippen LogP contribution in [0.25, 0.3) is 11.0 Å². The molecule has 2 atom stereocenters. The molecular weight excluding hydrogens is 318 g/mol. The molecule has 5 nitrogen and oxygen atoms in total. The van der Waals surface area contributed by atoms with Crippen LogP contribution in [0.15, 0.2) is 39.6 Å². The highest BCUT2D eigenvalue weighted by Crippen LogP contribution is 2.36. The molecule has 1 fully saturated rings. The summed E-state index contributed by atoms with van der Waals surface area (Å²) in [4.78, 5) is 38.6. The highest BCUT2D eigenvalue weighted by Gasteiger charge is 2.47. The molecule has 4 rings (SSSR count). The zero-order valence-electron chi connectivity index (χ0n) is 14.2. The number of allylic oxidation sites excluding steroid dienone is 2. The molecule has 128 valence electrons. The number of fused-ring (bicyclic) bond motifs is 2. The molecule has 0 saturated carbocycles. The minimum absolute atomic E-state index is 0.120. The number of rotatable bonds is 2. The molecule has 0 spiro atoms. The van der Waals surface area contributed by atoms with E-state index in [-0.39, 0.29) is 30.2 Å². The molecule has 2 heterocycles. The molecule has 1 aliphatic carbocycles. The Balaban J connectivity index is 1.76. The van der Waals surface area contributed by atoms with Crippen molar-refractivity contribution < 1.29 is 14.0 Å². The third kappa shape index (κ3) is 2.51. The van der Waals surface area contributed by atoms with Gasteiger partial charge in [-0.05, 0) is 55.5 Å². The van der Waals surface area contributed by atoms with Crippen LogP contribution in [-0.4, -0.2) is 16.7 Å². The summed E-state index contributed by atoms with van der Waals surface area (Å²) in [5.41, 5.74) is 2.77. The smallest absolute Gasteiger partial charge is 0.336 e. The van der Waals surface area contributed by atoms with Crippen molar-refractivity contribution in [3.63, 3.8) is 0 Å². The summed E-state index contributed by atoms with van der Waals surface area (Å²) in [5, 5.41) is 0.774. The van der Waals surface area contributed by atoms with Gasteiger partial charge in [0, 0.05) is 11.5 Å². The number of hydrogen-bond donors (Lipinski definition) is 0. The van der Waals surface area contributed by atoms with Gasteiger partial charge in [0.25, 0.3) is 0 Å². The van der Waals surface area contributed by atoms with Gasteiger partial charge < -0.3 is 4.42 Å². The predicted molar refractivity (Wildman–Crippen MR) is 92.9 cm³/mol. The van der Waals surface area contributed by atoms with E-state index < -0.39 is 5.63 Å². The number of benzene rings is 1. The first-order chi connectivity index (χ1) is 12.0. The first-order valence-corrected chi connectivity index (χ1v) is 8.50. The fraction of sp³-hybridized carbons (Fsp3) is 0.350. The summed E-state index contributed by atoms with van der Waals surface area (Å²) in [5.74, 6) is -0.783. The van der Waals surface area contributed by atoms with Crippen LogP contribution < -0.4 is 5.63 Å². The van der Waals surface area contributed by atoms with Crippen molar-refractivity contribution in [2.24, 2.45) is 11.8 Å². The van der Waals surface area contributed by atoms with Crippen LogP contribution in [0.3, 0.4) is 0 Å². The molecule has 0 unspecified atom stereocenters. The Labute approximate surface area is 144 Å². The standard InChI is InChI=1S/C20H19NO4/c1-11-7-16-13(9-18(22)25-17(16)8-12(11)2)10-21-19(23)14-5-3-4-6-15(14)20(21)24/h3-4,7-9,14-15H,5-6,10H2,1-2H3/t14-,15+. The number of amides is 2. The molecule has 0 radical (unpaired) electrons. The van der Waals surface area contributed by atoms with Crippen LogP contribution in [0, 0.1) is 25.7 Å². The number of likely N-dealkylation sites (tertiary alicyclic amines) is 1. The van der Waals surface area contributed by atoms with Crippen molar-refractivity contribution in [3.05, 3.63) is 57.5 Å². The largest absolute Gasteiger partial charge is 0.423 e. The van der Waals surface area contributed by atoms with E-state index in [1.165, 1.54) is 11.0 Å². The van der Waals surface area contributed by atoms with Gasteiger partial charge in [0.1, 0.15) is 5.58 Å². The van der Waals surface area contributed by atoms with Crippen molar-refractivity contribution in [2.45, 2.75) is 33.2 Å². The molecule has 2 aliphatic rings. The zero-order chi connectivity index (χ0) is 17.7. The van der Waals surface area contributed by atoms with Gasteiger partial charge in [-0.25, -0.2) is 4.79 Å². The Morgan fingerprint density at radius 2 is 1.56 bits per heavy atom. The quantitative estimate of drug-likeness (QED) is 0.480. The lowest BCUT2D eigenvalue weighted by Gasteiger charge is -2.16. The summed E-state index contributed by atoms with van der Waals surface area (Å²) < 4.78 is 5.30. The highest BCUT2D eigenvalue weighted by molar-refractivity contribution is 6.05. The van der Waals surface area contributed by atoms with E-state index in [2.05, 4.69) is 0 Å². The summed E-state index contributed by atoms with van der Waals surface area (Å²) >= 11 is 0. The monoisotopic (exact) mass is 337 g/mol. The average molecular weight is 337 g/mol. The first kappa shape index (κ1) is 15.8. The second-order valence-corrected chi connectivity index (χ2v) is 6.94. The first-order valence-electron chi connectivity index (χ1n) is 8.50. The molecule has 1 saturated heterocycles. The molecule has 25 heavy (non-hydrogen) atoms. The van der Waals surface area contributed by atoms with Crippen molar-refractivity contribution >= 4 is 22.8 Å². The third-order valence-electron chi connectivity index (χ3n) is 5.37. The normalized spacial score (nSPS) is 22.7. The second-order valence-electron chi connectivity index (χ2n) is 6.94. The summed E-state index contributed by atoms with van der Waals surface area (Å²) in [6, 6.07) is 5.16. The van der Waals surface area contributed by atoms with Gasteiger partial charge in [0.2, 0.25) is 11.8 Å². The second kappa shape index (κ2) is 5.69. The topological polar surface area (TPSA) is 67.6 Å². The van der Waals surface area contributed by atoms with Crippen LogP contribution in [-0.2, 0) is 16.1 Å². The molecule has 0 N–H and O–H groups in total. The number of carbonyl (C=O) groups is 2. The lowest BCUT2D eigenvalue weighted by atomic mass is 9.85. The maximum Gasteiger partial charge on any atom is 0.336 e. The fourth-order valence-electron chi connectivity index (χ4n) is 3.81. The van der Waals surface area contributed by atoms with Gasteiger partial charge in [-0.2, -0.15) is 0 Å². The van der Waals surface area contributed by atoms with E-state index in [1.54, 1.807) is 0 Å². The van der Waals surface area contributed by atoms with Crippen LogP contribution in [0.4, 0.5) is 0 Å². The molecule has 0 bridgehead atoms. The minimum Gasteiger partial charge on any atom is -0.423 e. The zero-order valence-corrected chi connectivity index (χ0v) is 14.2. The number of aryl methyl sites for hydroxylation is 2. The summed E-state index contributed by atoms with van der Waals surface area (Å²) in [6.07, 6.45) is 5.16. The van der Waals surface area contributed by atoms with Crippen LogP contribution in [0.2, 0.25) is 0 Å². The SMILES string of the molecule is Cc1cc2oc(=O)cc(CN3C(=O)[C@H]4CC=CC[C@H]4C3=O)c2cc1C. The van der Waals surface area contributed by atoms with Crippen LogP contribution in [0.5, 0.6) is 0 Å². The van der Waals surface area contributed by atoms with Crippen molar-refractivity contribution in [1.82, 2.24) is 4.90 Å². The number of nitrogens with zero attached hydrogens (tertiary/aromatic N) is 1. The highest BCUT2D eigenvalue weighted by atomic mass is 16.4. The minimum atomic E-state index is -0.469. The Morgan fingerprint density at radius 3 is 2.20 bits per heavy atom. The lowest BCUT2D eigenvalue weighted by Crippen LogP contribution is -2.31. The average Bonchev–Trinajstić information content (AvgIpc) is 2.82. The van der Waals surface area contributed by atoms with Gasteiger partial charge >= 0.3 is 5.63 Å². The Kier molecular flexibility index (Phi) is 3.60. The van der Waals surface area contributed by atoms with Crippen molar-refractivity contribution in [2.75, 3.05) is 0 Å². The van der Waals surface area contributed by atoms with Crippen molar-refractivity contribution in [3.8, 4) is 0 Å². The third-order valence-corrected chi connectivity index (χ3v) is 5.37. The Hall–Kier alpha value is -2.69. The van der Waals surface area contributed by atoms with E-state index in [4.69, 9.17) is 4.42 Å². The molecule has 2 amide bonds. The van der Waals surface area contributed by atoms with Crippen LogP contribution in [0.1, 0.15) is 29.5 Å². The maximum atomic E-state index is 12.7. The van der Waals surface area contributed by atoms with E-state index in [1.807, 2.05) is 38.1 Å². The van der Waals surface area contributed by atoms with Crippen molar-refractivity contribution in [1.29, 1.82) is 0 Å². The van der Waals surface area contributed by atoms with Gasteiger partial charge in [0.05, 0.1) is 18.4 Å². The molecule has 5 heteroatoms. The van der Waals surface area contributed by atoms with E-state index in [0.717, 1.165) is 16.5 Å². The summed E-state index contributed by atoms with van der Waals surface area (Å²) in [6.45, 7) is 4.05. The Bertz CT molecular complexity index is 959.